The van der Waals surface area contributed by atoms with E-state index in [1.807, 2.05) is 24.3 Å². The van der Waals surface area contributed by atoms with Gasteiger partial charge in [0.25, 0.3) is 0 Å². The topological polar surface area (TPSA) is 83.4 Å². The first kappa shape index (κ1) is 25.1. The van der Waals surface area contributed by atoms with E-state index < -0.39 is 0 Å². The van der Waals surface area contributed by atoms with Gasteiger partial charge >= 0.3 is 0 Å². The Balaban J connectivity index is 1.28. The number of fused-ring (bicyclic) bond motifs is 1. The van der Waals surface area contributed by atoms with Crippen LogP contribution < -0.4 is 14.8 Å². The third kappa shape index (κ3) is 8.76. The highest BCUT2D eigenvalue weighted by Gasteiger charge is 2.26. The zero-order valence-electron chi connectivity index (χ0n) is 19.6. The van der Waals surface area contributed by atoms with E-state index in [0.29, 0.717) is 24.9 Å². The third-order valence-corrected chi connectivity index (χ3v) is 6.03. The van der Waals surface area contributed by atoms with Crippen LogP contribution in [0.4, 0.5) is 0 Å². The van der Waals surface area contributed by atoms with Crippen molar-refractivity contribution in [1.29, 1.82) is 0 Å². The molecule has 1 fully saturated rings. The molecule has 2 atom stereocenters. The lowest BCUT2D eigenvalue weighted by atomic mass is 9.93. The van der Waals surface area contributed by atoms with Crippen molar-refractivity contribution < 1.29 is 24.4 Å². The minimum Gasteiger partial charge on any atom is -0.513 e. The van der Waals surface area contributed by atoms with Crippen LogP contribution in [0.1, 0.15) is 26.2 Å². The number of aliphatic hydroxyl groups is 2. The second-order valence-electron chi connectivity index (χ2n) is 8.81. The summed E-state index contributed by atoms with van der Waals surface area (Å²) in [5.41, 5.74) is 0. The van der Waals surface area contributed by atoms with E-state index in [1.54, 1.807) is 25.2 Å². The largest absolute Gasteiger partial charge is 0.513 e. The van der Waals surface area contributed by atoms with E-state index >= 15 is 0 Å². The molecule has 0 amide bonds. The fourth-order valence-corrected chi connectivity index (χ4v) is 4.12. The lowest BCUT2D eigenvalue weighted by Gasteiger charge is -2.35. The fraction of sp³-hybridized carbons (Fsp3) is 0.538. The predicted molar refractivity (Wildman–Crippen MR) is 130 cm³/mol. The first-order chi connectivity index (χ1) is 16.0. The molecule has 0 aliphatic carbocycles. The van der Waals surface area contributed by atoms with Gasteiger partial charge in [-0.3, -0.25) is 4.90 Å². The summed E-state index contributed by atoms with van der Waals surface area (Å²) in [6.07, 6.45) is 8.44. The number of aliphatic hydroxyl groups excluding tert-OH is 2. The minimum atomic E-state index is -0.128. The fourth-order valence-electron chi connectivity index (χ4n) is 4.12. The summed E-state index contributed by atoms with van der Waals surface area (Å²) in [6, 6.07) is 7.72. The number of allylic oxidation sites excluding steroid dienone is 4. The first-order valence-corrected chi connectivity index (χ1v) is 11.8. The highest BCUT2D eigenvalue weighted by molar-refractivity contribution is 5.40. The lowest BCUT2D eigenvalue weighted by molar-refractivity contribution is 0.0471. The molecule has 0 bridgehead atoms. The number of hydrogen-bond acceptors (Lipinski definition) is 7. The Kier molecular flexibility index (Phi) is 10.1. The Morgan fingerprint density at radius 3 is 2.79 bits per heavy atom. The summed E-state index contributed by atoms with van der Waals surface area (Å²) >= 11 is 0. The Bertz CT molecular complexity index is 798. The van der Waals surface area contributed by atoms with Gasteiger partial charge in [-0.1, -0.05) is 24.8 Å². The van der Waals surface area contributed by atoms with Crippen LogP contribution in [-0.2, 0) is 4.74 Å². The van der Waals surface area contributed by atoms with E-state index in [-0.39, 0.29) is 24.5 Å². The predicted octanol–water partition coefficient (Wildman–Crippen LogP) is 3.43. The SMILES string of the molecule is C=C(/C=C\C=C(/C)O)OC[C@H](CO)NCCC1CCN(C[C@H]2COc3ccccc3O2)CC1. The van der Waals surface area contributed by atoms with Crippen LogP contribution in [0.3, 0.4) is 0 Å². The normalized spacial score (nSPS) is 20.7. The van der Waals surface area contributed by atoms with E-state index in [0.717, 1.165) is 44.1 Å². The molecule has 33 heavy (non-hydrogen) atoms. The molecule has 0 spiro atoms. The maximum atomic E-state index is 9.62. The molecule has 1 aromatic rings. The Morgan fingerprint density at radius 1 is 1.30 bits per heavy atom. The number of para-hydroxylation sites is 2. The van der Waals surface area contributed by atoms with Crippen LogP contribution in [0.2, 0.25) is 0 Å². The first-order valence-electron chi connectivity index (χ1n) is 11.8. The molecule has 3 rings (SSSR count). The van der Waals surface area contributed by atoms with Gasteiger partial charge in [-0.05, 0) is 76.0 Å². The number of piperidine rings is 1. The molecule has 0 radical (unpaired) electrons. The zero-order valence-corrected chi connectivity index (χ0v) is 19.6. The van der Waals surface area contributed by atoms with E-state index in [1.165, 1.54) is 12.8 Å². The van der Waals surface area contributed by atoms with E-state index in [2.05, 4.69) is 16.8 Å². The molecule has 1 saturated heterocycles. The molecule has 0 saturated carbocycles. The number of benzene rings is 1. The van der Waals surface area contributed by atoms with Crippen molar-refractivity contribution >= 4 is 0 Å². The van der Waals surface area contributed by atoms with Crippen molar-refractivity contribution in [2.24, 2.45) is 5.92 Å². The van der Waals surface area contributed by atoms with E-state index in [9.17, 15) is 5.11 Å². The minimum absolute atomic E-state index is 0.0116. The zero-order chi connectivity index (χ0) is 23.5. The molecule has 7 heteroatoms. The van der Waals surface area contributed by atoms with Gasteiger partial charge in [-0.25, -0.2) is 0 Å². The quantitative estimate of drug-likeness (QED) is 0.327. The average Bonchev–Trinajstić information content (AvgIpc) is 2.82. The van der Waals surface area contributed by atoms with Gasteiger partial charge in [-0.15, -0.1) is 0 Å². The van der Waals surface area contributed by atoms with Gasteiger partial charge in [-0.2, -0.15) is 0 Å². The van der Waals surface area contributed by atoms with Crippen molar-refractivity contribution in [3.05, 3.63) is 60.6 Å². The number of likely N-dealkylation sites (tertiary alicyclic amines) is 1. The number of rotatable bonds is 12. The number of ether oxygens (including phenoxy) is 3. The van der Waals surface area contributed by atoms with Crippen LogP contribution in [0.15, 0.2) is 60.6 Å². The lowest BCUT2D eigenvalue weighted by Crippen LogP contribution is -2.44. The summed E-state index contributed by atoms with van der Waals surface area (Å²) in [4.78, 5) is 2.48. The smallest absolute Gasteiger partial charge is 0.161 e. The molecule has 0 unspecified atom stereocenters. The van der Waals surface area contributed by atoms with Crippen LogP contribution >= 0.6 is 0 Å². The Labute approximate surface area is 197 Å². The van der Waals surface area contributed by atoms with Gasteiger partial charge in [0.05, 0.1) is 18.4 Å². The van der Waals surface area contributed by atoms with Crippen molar-refractivity contribution in [1.82, 2.24) is 10.2 Å². The summed E-state index contributed by atoms with van der Waals surface area (Å²) < 4.78 is 17.5. The van der Waals surface area contributed by atoms with Crippen LogP contribution in [0.5, 0.6) is 11.5 Å². The monoisotopic (exact) mass is 458 g/mol. The number of hydrogen-bond donors (Lipinski definition) is 3. The Morgan fingerprint density at radius 2 is 2.06 bits per heavy atom. The van der Waals surface area contributed by atoms with Crippen molar-refractivity contribution in [2.75, 3.05) is 46.0 Å². The average molecular weight is 459 g/mol. The van der Waals surface area contributed by atoms with E-state index in [4.69, 9.17) is 19.3 Å². The summed E-state index contributed by atoms with van der Waals surface area (Å²) in [6.45, 7) is 10.3. The number of nitrogens with one attached hydrogen (secondary N) is 1. The van der Waals surface area contributed by atoms with Crippen molar-refractivity contribution in [2.45, 2.75) is 38.3 Å². The highest BCUT2D eigenvalue weighted by Crippen LogP contribution is 2.31. The summed E-state index contributed by atoms with van der Waals surface area (Å²) in [5, 5.41) is 22.1. The van der Waals surface area contributed by atoms with Crippen LogP contribution in [-0.4, -0.2) is 73.3 Å². The third-order valence-electron chi connectivity index (χ3n) is 6.03. The molecule has 7 nitrogen and oxygen atoms in total. The molecule has 2 aliphatic rings. The molecule has 182 valence electrons. The standard InChI is InChI=1S/C26H38N2O5/c1-20(30)6-5-7-21(2)31-18-23(17-29)27-13-10-22-11-14-28(15-12-22)16-24-19-32-25-8-3-4-9-26(25)33-24/h3-9,22-24,27,29-30H,2,10-19H2,1H3/b7-5-,20-6+/t23-,24-/m0/s1. The van der Waals surface area contributed by atoms with Crippen LogP contribution in [0, 0.1) is 5.92 Å². The second kappa shape index (κ2) is 13.3. The maximum Gasteiger partial charge on any atom is 0.161 e. The Hall–Kier alpha value is -2.48. The number of nitrogens with zero attached hydrogens (tertiary/aromatic N) is 1. The van der Waals surface area contributed by atoms with Crippen molar-refractivity contribution in [3.8, 4) is 11.5 Å². The van der Waals surface area contributed by atoms with Gasteiger partial charge in [0.2, 0.25) is 0 Å². The molecular formula is C26H38N2O5. The van der Waals surface area contributed by atoms with Gasteiger partial charge in [0.15, 0.2) is 11.5 Å². The molecule has 1 aromatic carbocycles. The second-order valence-corrected chi connectivity index (χ2v) is 8.81. The molecular weight excluding hydrogens is 420 g/mol. The highest BCUT2D eigenvalue weighted by atomic mass is 16.6. The van der Waals surface area contributed by atoms with Crippen LogP contribution in [0.25, 0.3) is 0 Å². The maximum absolute atomic E-state index is 9.62. The molecule has 3 N–H and O–H groups in total. The molecule has 2 heterocycles. The molecule has 0 aromatic heterocycles. The van der Waals surface area contributed by atoms with Crippen molar-refractivity contribution in [3.63, 3.8) is 0 Å². The summed E-state index contributed by atoms with van der Waals surface area (Å²) in [5.74, 6) is 3.08. The van der Waals surface area contributed by atoms with Gasteiger partial charge in [0.1, 0.15) is 25.1 Å². The van der Waals surface area contributed by atoms with Gasteiger partial charge < -0.3 is 29.7 Å². The summed E-state index contributed by atoms with van der Waals surface area (Å²) in [7, 11) is 0. The molecule has 2 aliphatic heterocycles. The van der Waals surface area contributed by atoms with Gasteiger partial charge in [0, 0.05) is 6.54 Å².